The number of carbonyl (C=O) groups is 2. The maximum Gasteiger partial charge on any atom is 0.257 e. The van der Waals surface area contributed by atoms with Gasteiger partial charge < -0.3 is 5.32 Å². The molecule has 142 valence electrons. The van der Waals surface area contributed by atoms with Crippen LogP contribution in [0.2, 0.25) is 5.02 Å². The Morgan fingerprint density at radius 1 is 1.19 bits per heavy atom. The molecule has 1 N–H and O–H groups in total. The molecule has 1 saturated heterocycles. The second-order valence-corrected chi connectivity index (χ2v) is 8.99. The molecule has 2 aromatic rings. The van der Waals surface area contributed by atoms with E-state index in [0.29, 0.717) is 5.69 Å². The number of nitrogens with zero attached hydrogens (tertiary/aromatic N) is 1. The van der Waals surface area contributed by atoms with Crippen LogP contribution in [-0.2, 0) is 14.8 Å². The van der Waals surface area contributed by atoms with E-state index in [4.69, 9.17) is 11.6 Å². The van der Waals surface area contributed by atoms with Crippen LogP contribution in [0.15, 0.2) is 36.4 Å². The number of anilines is 2. The molecule has 27 heavy (non-hydrogen) atoms. The van der Waals surface area contributed by atoms with Crippen LogP contribution in [0.3, 0.4) is 0 Å². The first-order valence-electron chi connectivity index (χ1n) is 8.35. The SMILES string of the molecule is Cc1ccc(C)c(NC(=O)c2ccc(N3C(=O)[C@@H](C)CS3(=O)=O)cc2Cl)c1. The van der Waals surface area contributed by atoms with Crippen molar-refractivity contribution in [3.8, 4) is 0 Å². The minimum atomic E-state index is -3.72. The summed E-state index contributed by atoms with van der Waals surface area (Å²) in [6.07, 6.45) is 0. The van der Waals surface area contributed by atoms with Gasteiger partial charge in [-0.3, -0.25) is 9.59 Å². The maximum absolute atomic E-state index is 12.6. The molecule has 0 saturated carbocycles. The molecule has 0 aromatic heterocycles. The van der Waals surface area contributed by atoms with Gasteiger partial charge in [0, 0.05) is 5.69 Å². The fraction of sp³-hybridized carbons (Fsp3) is 0.263. The summed E-state index contributed by atoms with van der Waals surface area (Å²) < 4.78 is 25.2. The first-order valence-corrected chi connectivity index (χ1v) is 10.3. The van der Waals surface area contributed by atoms with Gasteiger partial charge in [-0.2, -0.15) is 0 Å². The number of sulfonamides is 1. The topological polar surface area (TPSA) is 83.6 Å². The van der Waals surface area contributed by atoms with Gasteiger partial charge in [0.15, 0.2) is 0 Å². The summed E-state index contributed by atoms with van der Waals surface area (Å²) in [6.45, 7) is 5.36. The fourth-order valence-electron chi connectivity index (χ4n) is 2.96. The van der Waals surface area contributed by atoms with E-state index in [-0.39, 0.29) is 22.0 Å². The molecule has 0 unspecified atom stereocenters. The number of halogens is 1. The van der Waals surface area contributed by atoms with Gasteiger partial charge >= 0.3 is 0 Å². The summed E-state index contributed by atoms with van der Waals surface area (Å²) in [4.78, 5) is 24.8. The van der Waals surface area contributed by atoms with E-state index in [1.54, 1.807) is 6.92 Å². The van der Waals surface area contributed by atoms with Crippen molar-refractivity contribution in [2.24, 2.45) is 5.92 Å². The lowest BCUT2D eigenvalue weighted by atomic mass is 10.1. The average Bonchev–Trinajstić information content (AvgIpc) is 2.78. The number of rotatable bonds is 3. The Kier molecular flexibility index (Phi) is 5.01. The monoisotopic (exact) mass is 406 g/mol. The van der Waals surface area contributed by atoms with Crippen LogP contribution < -0.4 is 9.62 Å². The minimum absolute atomic E-state index is 0.0675. The highest BCUT2D eigenvalue weighted by Crippen LogP contribution is 2.31. The first kappa shape index (κ1) is 19.4. The van der Waals surface area contributed by atoms with Crippen molar-refractivity contribution < 1.29 is 18.0 Å². The Balaban J connectivity index is 1.90. The Labute approximate surface area is 163 Å². The van der Waals surface area contributed by atoms with Crippen molar-refractivity contribution in [1.29, 1.82) is 0 Å². The molecular formula is C19H19ClN2O4S. The predicted molar refractivity (Wildman–Crippen MR) is 106 cm³/mol. The van der Waals surface area contributed by atoms with Gasteiger partial charge in [-0.15, -0.1) is 0 Å². The number of benzene rings is 2. The molecule has 8 heteroatoms. The van der Waals surface area contributed by atoms with Crippen molar-refractivity contribution in [3.05, 3.63) is 58.1 Å². The highest BCUT2D eigenvalue weighted by Gasteiger charge is 2.42. The Morgan fingerprint density at radius 2 is 1.89 bits per heavy atom. The lowest BCUT2D eigenvalue weighted by Gasteiger charge is -2.17. The second-order valence-electron chi connectivity index (χ2n) is 6.72. The summed E-state index contributed by atoms with van der Waals surface area (Å²) in [5, 5.41) is 2.87. The summed E-state index contributed by atoms with van der Waals surface area (Å²) in [5.41, 5.74) is 2.91. The molecule has 1 atom stereocenters. The van der Waals surface area contributed by atoms with E-state index in [9.17, 15) is 18.0 Å². The third-order valence-corrected chi connectivity index (χ3v) is 6.61. The van der Waals surface area contributed by atoms with Crippen LogP contribution >= 0.6 is 11.6 Å². The molecule has 0 bridgehead atoms. The third kappa shape index (κ3) is 3.70. The lowest BCUT2D eigenvalue weighted by molar-refractivity contribution is -0.119. The van der Waals surface area contributed by atoms with Crippen molar-refractivity contribution >= 4 is 44.8 Å². The Bertz CT molecular complexity index is 1050. The largest absolute Gasteiger partial charge is 0.322 e. The number of aryl methyl sites for hydroxylation is 2. The van der Waals surface area contributed by atoms with E-state index in [0.717, 1.165) is 15.4 Å². The van der Waals surface area contributed by atoms with Crippen molar-refractivity contribution in [3.63, 3.8) is 0 Å². The summed E-state index contributed by atoms with van der Waals surface area (Å²) >= 11 is 6.22. The zero-order valence-electron chi connectivity index (χ0n) is 15.1. The average molecular weight is 407 g/mol. The number of amides is 2. The van der Waals surface area contributed by atoms with E-state index in [1.165, 1.54) is 18.2 Å². The van der Waals surface area contributed by atoms with Gasteiger partial charge in [0.25, 0.3) is 5.91 Å². The van der Waals surface area contributed by atoms with Gasteiger partial charge in [-0.05, 0) is 49.2 Å². The predicted octanol–water partition coefficient (Wildman–Crippen LogP) is 3.52. The molecule has 0 radical (unpaired) electrons. The second kappa shape index (κ2) is 6.98. The van der Waals surface area contributed by atoms with Crippen molar-refractivity contribution in [2.75, 3.05) is 15.4 Å². The summed E-state index contributed by atoms with van der Waals surface area (Å²) in [7, 11) is -3.72. The van der Waals surface area contributed by atoms with E-state index in [1.807, 2.05) is 32.0 Å². The zero-order valence-corrected chi connectivity index (χ0v) is 16.7. The summed E-state index contributed by atoms with van der Waals surface area (Å²) in [5.74, 6) is -1.76. The molecule has 0 spiro atoms. The van der Waals surface area contributed by atoms with Crippen LogP contribution in [0.5, 0.6) is 0 Å². The van der Waals surface area contributed by atoms with Gasteiger partial charge in [0.1, 0.15) is 0 Å². The molecule has 2 amide bonds. The molecule has 1 heterocycles. The first-order chi connectivity index (χ1) is 12.6. The zero-order chi connectivity index (χ0) is 19.9. The number of hydrogen-bond donors (Lipinski definition) is 1. The quantitative estimate of drug-likeness (QED) is 0.845. The van der Waals surface area contributed by atoms with Crippen molar-refractivity contribution in [1.82, 2.24) is 0 Å². The van der Waals surface area contributed by atoms with Crippen LogP contribution in [-0.4, -0.2) is 26.0 Å². The molecule has 1 fully saturated rings. The van der Waals surface area contributed by atoms with E-state index < -0.39 is 27.8 Å². The smallest absolute Gasteiger partial charge is 0.257 e. The van der Waals surface area contributed by atoms with E-state index in [2.05, 4.69) is 5.32 Å². The van der Waals surface area contributed by atoms with Crippen LogP contribution in [0.25, 0.3) is 0 Å². The van der Waals surface area contributed by atoms with Crippen LogP contribution in [0, 0.1) is 19.8 Å². The molecule has 2 aromatic carbocycles. The Hall–Kier alpha value is -2.38. The highest BCUT2D eigenvalue weighted by atomic mass is 35.5. The molecule has 1 aliphatic heterocycles. The van der Waals surface area contributed by atoms with E-state index >= 15 is 0 Å². The summed E-state index contributed by atoms with van der Waals surface area (Å²) in [6, 6.07) is 9.86. The number of carbonyl (C=O) groups excluding carboxylic acids is 2. The molecule has 3 rings (SSSR count). The Morgan fingerprint density at radius 3 is 2.48 bits per heavy atom. The number of hydrogen-bond acceptors (Lipinski definition) is 4. The van der Waals surface area contributed by atoms with Crippen molar-refractivity contribution in [2.45, 2.75) is 20.8 Å². The third-order valence-electron chi connectivity index (χ3n) is 4.43. The normalized spacial score (nSPS) is 18.6. The number of nitrogens with one attached hydrogen (secondary N) is 1. The minimum Gasteiger partial charge on any atom is -0.322 e. The lowest BCUT2D eigenvalue weighted by Crippen LogP contribution is -2.30. The fourth-order valence-corrected chi connectivity index (χ4v) is 5.03. The molecule has 0 aliphatic carbocycles. The molecule has 6 nitrogen and oxygen atoms in total. The highest BCUT2D eigenvalue weighted by molar-refractivity contribution is 7.94. The van der Waals surface area contributed by atoms with Crippen LogP contribution in [0.1, 0.15) is 28.4 Å². The molecule has 1 aliphatic rings. The maximum atomic E-state index is 12.6. The molecular weight excluding hydrogens is 388 g/mol. The van der Waals surface area contributed by atoms with Crippen LogP contribution in [0.4, 0.5) is 11.4 Å². The van der Waals surface area contributed by atoms with Gasteiger partial charge in [0.05, 0.1) is 27.9 Å². The van der Waals surface area contributed by atoms with Gasteiger partial charge in [-0.25, -0.2) is 12.7 Å². The van der Waals surface area contributed by atoms with Gasteiger partial charge in [0.2, 0.25) is 15.9 Å². The standard InChI is InChI=1S/C19H19ClN2O4S/c1-11-4-5-12(2)17(8-11)21-18(23)15-7-6-14(9-16(15)20)22-19(24)13(3)10-27(22,25)26/h4-9,13H,10H2,1-3H3,(H,21,23)/t13-/m0/s1. The van der Waals surface area contributed by atoms with Gasteiger partial charge in [-0.1, -0.05) is 30.7 Å².